The maximum Gasteiger partial charge on any atom is 0.308 e. The Hall–Kier alpha value is -1.64. The third kappa shape index (κ3) is 3.42. The predicted molar refractivity (Wildman–Crippen MR) is 64.6 cm³/mol. The number of ether oxygens (including phenoxy) is 1. The molecule has 4 N–H and O–H groups in total. The SMILES string of the molecule is Cc1nc(C2CCOCC2)ncc1[N+](=O)[O-].NN. The van der Waals surface area contributed by atoms with Gasteiger partial charge in [0, 0.05) is 19.1 Å². The van der Waals surface area contributed by atoms with Gasteiger partial charge in [-0.25, -0.2) is 9.97 Å². The zero-order valence-corrected chi connectivity index (χ0v) is 10.2. The number of hydrogen-bond acceptors (Lipinski definition) is 7. The van der Waals surface area contributed by atoms with Crippen LogP contribution in [0.3, 0.4) is 0 Å². The van der Waals surface area contributed by atoms with Crippen LogP contribution < -0.4 is 11.7 Å². The second-order valence-electron chi connectivity index (χ2n) is 3.84. The molecule has 0 amide bonds. The summed E-state index contributed by atoms with van der Waals surface area (Å²) in [6.07, 6.45) is 3.07. The van der Waals surface area contributed by atoms with Gasteiger partial charge in [-0.3, -0.25) is 21.8 Å². The number of rotatable bonds is 2. The molecule has 1 saturated heterocycles. The topological polar surface area (TPSA) is 130 Å². The third-order valence-electron chi connectivity index (χ3n) is 2.76. The van der Waals surface area contributed by atoms with Crippen molar-refractivity contribution in [1.82, 2.24) is 9.97 Å². The number of hydrogen-bond donors (Lipinski definition) is 2. The molecule has 18 heavy (non-hydrogen) atoms. The molecule has 0 spiro atoms. The zero-order valence-electron chi connectivity index (χ0n) is 10.2. The Kier molecular flexibility index (Phi) is 5.56. The number of nitrogens with two attached hydrogens (primary N) is 2. The largest absolute Gasteiger partial charge is 0.381 e. The van der Waals surface area contributed by atoms with Crippen molar-refractivity contribution in [1.29, 1.82) is 0 Å². The van der Waals surface area contributed by atoms with Crippen molar-refractivity contribution < 1.29 is 9.66 Å². The van der Waals surface area contributed by atoms with E-state index in [4.69, 9.17) is 4.74 Å². The maximum absolute atomic E-state index is 10.6. The molecule has 100 valence electrons. The van der Waals surface area contributed by atoms with E-state index >= 15 is 0 Å². The minimum absolute atomic E-state index is 0.0178. The molecule has 1 fully saturated rings. The molecule has 0 radical (unpaired) electrons. The van der Waals surface area contributed by atoms with Crippen molar-refractivity contribution in [2.45, 2.75) is 25.7 Å². The standard InChI is InChI=1S/C10H13N3O3.H4N2/c1-7-9(13(14)15)6-11-10(12-7)8-2-4-16-5-3-8;1-2/h6,8H,2-5H2,1H3;1-2H2. The van der Waals surface area contributed by atoms with Crippen LogP contribution in [0, 0.1) is 17.0 Å². The fraction of sp³-hybridized carbons (Fsp3) is 0.600. The smallest absolute Gasteiger partial charge is 0.308 e. The first-order valence-corrected chi connectivity index (χ1v) is 5.57. The Balaban J connectivity index is 0.000000771. The van der Waals surface area contributed by atoms with Crippen molar-refractivity contribution in [3.05, 3.63) is 27.8 Å². The molecule has 8 nitrogen and oxygen atoms in total. The Morgan fingerprint density at radius 2 is 2.06 bits per heavy atom. The third-order valence-corrected chi connectivity index (χ3v) is 2.76. The average Bonchev–Trinajstić information content (AvgIpc) is 2.41. The van der Waals surface area contributed by atoms with E-state index < -0.39 is 4.92 Å². The van der Waals surface area contributed by atoms with Crippen molar-refractivity contribution in [3.8, 4) is 0 Å². The molecule has 0 bridgehead atoms. The highest BCUT2D eigenvalue weighted by Crippen LogP contribution is 2.25. The average molecular weight is 255 g/mol. The van der Waals surface area contributed by atoms with E-state index in [0.29, 0.717) is 24.7 Å². The Morgan fingerprint density at radius 1 is 1.44 bits per heavy atom. The van der Waals surface area contributed by atoms with Gasteiger partial charge in [-0.2, -0.15) is 0 Å². The lowest BCUT2D eigenvalue weighted by atomic mass is 9.99. The quantitative estimate of drug-likeness (QED) is 0.444. The number of aryl methyl sites for hydroxylation is 1. The zero-order chi connectivity index (χ0) is 13.5. The van der Waals surface area contributed by atoms with E-state index in [9.17, 15) is 10.1 Å². The van der Waals surface area contributed by atoms with Gasteiger partial charge < -0.3 is 4.74 Å². The monoisotopic (exact) mass is 255 g/mol. The number of nitrogens with zero attached hydrogens (tertiary/aromatic N) is 3. The number of nitro groups is 1. The molecule has 1 aromatic heterocycles. The lowest BCUT2D eigenvalue weighted by Gasteiger charge is -2.20. The van der Waals surface area contributed by atoms with Crippen molar-refractivity contribution in [2.75, 3.05) is 13.2 Å². The van der Waals surface area contributed by atoms with Crippen LogP contribution in [-0.4, -0.2) is 28.1 Å². The first-order valence-electron chi connectivity index (χ1n) is 5.57. The summed E-state index contributed by atoms with van der Waals surface area (Å²) in [6, 6.07) is 0. The number of hydrazine groups is 1. The summed E-state index contributed by atoms with van der Waals surface area (Å²) in [5.41, 5.74) is 0.414. The molecule has 8 heteroatoms. The van der Waals surface area contributed by atoms with Gasteiger partial charge in [0.25, 0.3) is 0 Å². The van der Waals surface area contributed by atoms with Crippen LogP contribution in [-0.2, 0) is 4.74 Å². The van der Waals surface area contributed by atoms with Gasteiger partial charge in [0.15, 0.2) is 0 Å². The van der Waals surface area contributed by atoms with E-state index in [1.807, 2.05) is 0 Å². The molecular weight excluding hydrogens is 238 g/mol. The Morgan fingerprint density at radius 3 is 2.56 bits per heavy atom. The normalized spacial score (nSPS) is 15.7. The van der Waals surface area contributed by atoms with E-state index in [1.165, 1.54) is 6.20 Å². The van der Waals surface area contributed by atoms with Gasteiger partial charge in [-0.1, -0.05) is 0 Å². The lowest BCUT2D eigenvalue weighted by Crippen LogP contribution is -2.16. The van der Waals surface area contributed by atoms with Crippen molar-refractivity contribution >= 4 is 5.69 Å². The second kappa shape index (κ2) is 6.94. The molecule has 0 atom stereocenters. The minimum Gasteiger partial charge on any atom is -0.381 e. The van der Waals surface area contributed by atoms with Gasteiger partial charge >= 0.3 is 5.69 Å². The molecule has 1 aromatic rings. The van der Waals surface area contributed by atoms with Crippen LogP contribution in [0.2, 0.25) is 0 Å². The summed E-state index contributed by atoms with van der Waals surface area (Å²) >= 11 is 0. The minimum atomic E-state index is -0.455. The highest BCUT2D eigenvalue weighted by Gasteiger charge is 2.21. The summed E-state index contributed by atoms with van der Waals surface area (Å²) in [6.45, 7) is 3.07. The molecule has 0 aliphatic carbocycles. The molecule has 2 rings (SSSR count). The molecule has 0 unspecified atom stereocenters. The molecule has 0 aromatic carbocycles. The molecule has 1 aliphatic heterocycles. The Bertz CT molecular complexity index is 406. The second-order valence-corrected chi connectivity index (χ2v) is 3.84. The summed E-state index contributed by atoms with van der Waals surface area (Å²) in [5, 5.41) is 10.6. The molecule has 0 saturated carbocycles. The lowest BCUT2D eigenvalue weighted by molar-refractivity contribution is -0.386. The highest BCUT2D eigenvalue weighted by molar-refractivity contribution is 5.31. The molecular formula is C10H17N5O3. The van der Waals surface area contributed by atoms with Crippen LogP contribution >= 0.6 is 0 Å². The summed E-state index contributed by atoms with van der Waals surface area (Å²) in [5.74, 6) is 8.97. The summed E-state index contributed by atoms with van der Waals surface area (Å²) in [7, 11) is 0. The molecule has 1 aliphatic rings. The van der Waals surface area contributed by atoms with Gasteiger partial charge in [0.2, 0.25) is 0 Å². The van der Waals surface area contributed by atoms with Gasteiger partial charge in [-0.05, 0) is 19.8 Å². The number of aromatic nitrogens is 2. The van der Waals surface area contributed by atoms with Gasteiger partial charge in [0.05, 0.1) is 4.92 Å². The van der Waals surface area contributed by atoms with Crippen LogP contribution in [0.1, 0.15) is 30.3 Å². The van der Waals surface area contributed by atoms with Crippen molar-refractivity contribution in [3.63, 3.8) is 0 Å². The Labute approximate surface area is 104 Å². The van der Waals surface area contributed by atoms with Gasteiger partial charge in [0.1, 0.15) is 17.7 Å². The first-order chi connectivity index (χ1) is 8.68. The highest BCUT2D eigenvalue weighted by atomic mass is 16.6. The van der Waals surface area contributed by atoms with E-state index in [0.717, 1.165) is 12.8 Å². The van der Waals surface area contributed by atoms with Crippen LogP contribution in [0.15, 0.2) is 6.20 Å². The van der Waals surface area contributed by atoms with Crippen LogP contribution in [0.25, 0.3) is 0 Å². The predicted octanol–water partition coefficient (Wildman–Crippen LogP) is 0.406. The van der Waals surface area contributed by atoms with E-state index in [2.05, 4.69) is 21.7 Å². The fourth-order valence-electron chi connectivity index (χ4n) is 1.81. The fourth-order valence-corrected chi connectivity index (χ4v) is 1.81. The van der Waals surface area contributed by atoms with Crippen LogP contribution in [0.4, 0.5) is 5.69 Å². The van der Waals surface area contributed by atoms with E-state index in [1.54, 1.807) is 6.92 Å². The van der Waals surface area contributed by atoms with Crippen molar-refractivity contribution in [2.24, 2.45) is 11.7 Å². The summed E-state index contributed by atoms with van der Waals surface area (Å²) in [4.78, 5) is 18.4. The first kappa shape index (κ1) is 14.4. The maximum atomic E-state index is 10.6. The van der Waals surface area contributed by atoms with E-state index in [-0.39, 0.29) is 11.6 Å². The van der Waals surface area contributed by atoms with Gasteiger partial charge in [-0.15, -0.1) is 0 Å². The summed E-state index contributed by atoms with van der Waals surface area (Å²) < 4.78 is 5.25. The molecule has 2 heterocycles. The van der Waals surface area contributed by atoms with Crippen LogP contribution in [0.5, 0.6) is 0 Å².